The van der Waals surface area contributed by atoms with Gasteiger partial charge in [0, 0.05) is 5.69 Å². The zero-order valence-corrected chi connectivity index (χ0v) is 13.7. The molecule has 0 aliphatic rings. The van der Waals surface area contributed by atoms with E-state index in [-0.39, 0.29) is 5.91 Å². The molecule has 0 saturated heterocycles. The molecular weight excluding hydrogens is 337 g/mol. The molecule has 118 valence electrons. The molecule has 6 nitrogen and oxygen atoms in total. The third kappa shape index (κ3) is 3.43. The van der Waals surface area contributed by atoms with E-state index in [1.54, 1.807) is 13.3 Å². The van der Waals surface area contributed by atoms with Gasteiger partial charge in [-0.15, -0.1) is 11.6 Å². The van der Waals surface area contributed by atoms with E-state index in [1.807, 2.05) is 28.8 Å². The predicted octanol–water partition coefficient (Wildman–Crippen LogP) is 3.09. The van der Waals surface area contributed by atoms with Crippen LogP contribution in [0.3, 0.4) is 0 Å². The number of carbonyl (C=O) groups is 1. The molecule has 0 fully saturated rings. The van der Waals surface area contributed by atoms with Crippen molar-refractivity contribution >= 4 is 46.0 Å². The van der Waals surface area contributed by atoms with Crippen LogP contribution < -0.4 is 5.32 Å². The quantitative estimate of drug-likeness (QED) is 0.580. The van der Waals surface area contributed by atoms with Crippen molar-refractivity contribution in [3.05, 3.63) is 47.6 Å². The number of imidazole rings is 1. The van der Waals surface area contributed by atoms with Crippen LogP contribution in [0.1, 0.15) is 12.5 Å². The van der Waals surface area contributed by atoms with Crippen molar-refractivity contribution in [1.82, 2.24) is 19.5 Å². The summed E-state index contributed by atoms with van der Waals surface area (Å²) >= 11 is 11.7. The molecule has 2 heterocycles. The number of hydrogen-bond acceptors (Lipinski definition) is 4. The van der Waals surface area contributed by atoms with Crippen LogP contribution in [0.4, 0.5) is 5.69 Å². The number of benzene rings is 1. The van der Waals surface area contributed by atoms with Gasteiger partial charge in [-0.3, -0.25) is 4.79 Å². The van der Waals surface area contributed by atoms with Crippen molar-refractivity contribution < 1.29 is 4.79 Å². The van der Waals surface area contributed by atoms with Crippen LogP contribution in [0, 0.1) is 0 Å². The topological polar surface area (TPSA) is 72.7 Å². The number of anilines is 1. The van der Waals surface area contributed by atoms with E-state index in [4.69, 9.17) is 23.2 Å². The number of aromatic nitrogens is 4. The maximum absolute atomic E-state index is 11.5. The molecule has 2 aromatic heterocycles. The summed E-state index contributed by atoms with van der Waals surface area (Å²) < 4.78 is 1.89. The number of amides is 1. The van der Waals surface area contributed by atoms with Gasteiger partial charge >= 0.3 is 0 Å². The fraction of sp³-hybridized carbons (Fsp3) is 0.200. The predicted molar refractivity (Wildman–Crippen MR) is 89.8 cm³/mol. The summed E-state index contributed by atoms with van der Waals surface area (Å²) in [5.74, 6) is -0.230. The summed E-state index contributed by atoms with van der Waals surface area (Å²) in [4.78, 5) is 23.9. The first-order valence-electron chi connectivity index (χ1n) is 6.90. The van der Waals surface area contributed by atoms with Crippen LogP contribution in [0.5, 0.6) is 0 Å². The Morgan fingerprint density at radius 3 is 2.70 bits per heavy atom. The highest BCUT2D eigenvalue weighted by molar-refractivity contribution is 6.33. The molecule has 1 N–H and O–H groups in total. The summed E-state index contributed by atoms with van der Waals surface area (Å²) in [5.41, 5.74) is 3.00. The SMILES string of the molecule is CC(Cl)C(=O)Nc1ccc(Cn2cnc3c(Cl)ncnc32)cc1. The van der Waals surface area contributed by atoms with E-state index in [2.05, 4.69) is 20.3 Å². The van der Waals surface area contributed by atoms with E-state index in [9.17, 15) is 4.79 Å². The van der Waals surface area contributed by atoms with E-state index < -0.39 is 5.38 Å². The third-order valence-electron chi connectivity index (χ3n) is 3.29. The molecule has 1 atom stereocenters. The van der Waals surface area contributed by atoms with Crippen molar-refractivity contribution in [3.63, 3.8) is 0 Å². The minimum atomic E-state index is -0.573. The highest BCUT2D eigenvalue weighted by atomic mass is 35.5. The van der Waals surface area contributed by atoms with Crippen LogP contribution in [0.15, 0.2) is 36.9 Å². The van der Waals surface area contributed by atoms with Crippen molar-refractivity contribution in [2.75, 3.05) is 5.32 Å². The van der Waals surface area contributed by atoms with Gasteiger partial charge in [0.05, 0.1) is 12.9 Å². The number of hydrogen-bond donors (Lipinski definition) is 1. The first-order chi connectivity index (χ1) is 11.0. The van der Waals surface area contributed by atoms with E-state index in [0.717, 1.165) is 5.56 Å². The summed E-state index contributed by atoms with van der Waals surface area (Å²) in [5, 5.41) is 2.50. The maximum Gasteiger partial charge on any atom is 0.242 e. The monoisotopic (exact) mass is 349 g/mol. The van der Waals surface area contributed by atoms with Crippen LogP contribution in [0.2, 0.25) is 5.15 Å². The summed E-state index contributed by atoms with van der Waals surface area (Å²) in [6.07, 6.45) is 3.09. The molecule has 0 saturated carbocycles. The lowest BCUT2D eigenvalue weighted by Crippen LogP contribution is -2.20. The Kier molecular flexibility index (Phi) is 4.45. The van der Waals surface area contributed by atoms with Gasteiger partial charge in [-0.1, -0.05) is 23.7 Å². The summed E-state index contributed by atoms with van der Waals surface area (Å²) in [7, 11) is 0. The molecule has 23 heavy (non-hydrogen) atoms. The first-order valence-corrected chi connectivity index (χ1v) is 7.71. The molecular formula is C15H13Cl2N5O. The number of nitrogens with zero attached hydrogens (tertiary/aromatic N) is 4. The number of fused-ring (bicyclic) bond motifs is 1. The molecule has 0 radical (unpaired) electrons. The smallest absolute Gasteiger partial charge is 0.242 e. The Balaban J connectivity index is 1.77. The Hall–Kier alpha value is -2.18. The van der Waals surface area contributed by atoms with E-state index in [0.29, 0.717) is 28.5 Å². The van der Waals surface area contributed by atoms with Crippen LogP contribution >= 0.6 is 23.2 Å². The zero-order valence-electron chi connectivity index (χ0n) is 12.2. The number of halogens is 2. The summed E-state index contributed by atoms with van der Waals surface area (Å²) in [6.45, 7) is 2.21. The second-order valence-corrected chi connectivity index (χ2v) is 6.02. The molecule has 3 rings (SSSR count). The second kappa shape index (κ2) is 6.52. The van der Waals surface area contributed by atoms with Gasteiger partial charge in [-0.05, 0) is 24.6 Å². The summed E-state index contributed by atoms with van der Waals surface area (Å²) in [6, 6.07) is 7.49. The average molecular weight is 350 g/mol. The molecule has 1 amide bonds. The van der Waals surface area contributed by atoms with E-state index >= 15 is 0 Å². The molecule has 0 bridgehead atoms. The van der Waals surface area contributed by atoms with Gasteiger partial charge in [0.25, 0.3) is 0 Å². The lowest BCUT2D eigenvalue weighted by atomic mass is 10.2. The van der Waals surface area contributed by atoms with Crippen molar-refractivity contribution in [2.24, 2.45) is 0 Å². The van der Waals surface area contributed by atoms with Crippen molar-refractivity contribution in [2.45, 2.75) is 18.8 Å². The molecule has 0 aliphatic carbocycles. The third-order valence-corrected chi connectivity index (χ3v) is 3.77. The normalized spacial score (nSPS) is 12.3. The minimum absolute atomic E-state index is 0.230. The van der Waals surface area contributed by atoms with Crippen LogP contribution in [0.25, 0.3) is 11.2 Å². The number of alkyl halides is 1. The van der Waals surface area contributed by atoms with Crippen molar-refractivity contribution in [1.29, 1.82) is 0 Å². The number of rotatable bonds is 4. The first kappa shape index (κ1) is 15.7. The molecule has 1 aromatic carbocycles. The Morgan fingerprint density at radius 1 is 1.26 bits per heavy atom. The molecule has 8 heteroatoms. The van der Waals surface area contributed by atoms with Gasteiger partial charge in [0.15, 0.2) is 10.8 Å². The van der Waals surface area contributed by atoms with E-state index in [1.165, 1.54) is 6.33 Å². The van der Waals surface area contributed by atoms with Crippen molar-refractivity contribution in [3.8, 4) is 0 Å². The molecule has 1 unspecified atom stereocenters. The fourth-order valence-electron chi connectivity index (χ4n) is 2.10. The Morgan fingerprint density at radius 2 is 2.00 bits per heavy atom. The molecule has 3 aromatic rings. The second-order valence-electron chi connectivity index (χ2n) is 5.01. The lowest BCUT2D eigenvalue weighted by Gasteiger charge is -2.08. The largest absolute Gasteiger partial charge is 0.325 e. The van der Waals surface area contributed by atoms with Gasteiger partial charge in [0.1, 0.15) is 17.2 Å². The van der Waals surface area contributed by atoms with Gasteiger partial charge in [-0.2, -0.15) is 0 Å². The highest BCUT2D eigenvalue weighted by Gasteiger charge is 2.10. The zero-order chi connectivity index (χ0) is 16.4. The standard InChI is InChI=1S/C15H13Cl2N5O/c1-9(16)15(23)21-11-4-2-10(3-5-11)6-22-8-20-12-13(17)18-7-19-14(12)22/h2-5,7-9H,6H2,1H3,(H,21,23). The fourth-order valence-corrected chi connectivity index (χ4v) is 2.33. The van der Waals surface area contributed by atoms with Crippen LogP contribution in [-0.4, -0.2) is 30.8 Å². The molecule has 0 aliphatic heterocycles. The molecule has 0 spiro atoms. The minimum Gasteiger partial charge on any atom is -0.325 e. The highest BCUT2D eigenvalue weighted by Crippen LogP contribution is 2.19. The lowest BCUT2D eigenvalue weighted by molar-refractivity contribution is -0.115. The maximum atomic E-state index is 11.5. The number of carbonyl (C=O) groups excluding carboxylic acids is 1. The van der Waals surface area contributed by atoms with Gasteiger partial charge in [-0.25, -0.2) is 15.0 Å². The average Bonchev–Trinajstić information content (AvgIpc) is 2.94. The number of nitrogens with one attached hydrogen (secondary N) is 1. The van der Waals surface area contributed by atoms with Gasteiger partial charge in [0.2, 0.25) is 5.91 Å². The Bertz CT molecular complexity index is 845. The van der Waals surface area contributed by atoms with Crippen LogP contribution in [-0.2, 0) is 11.3 Å². The Labute approximate surface area is 142 Å². The van der Waals surface area contributed by atoms with Gasteiger partial charge < -0.3 is 9.88 Å².